The summed E-state index contributed by atoms with van der Waals surface area (Å²) in [5, 5.41) is 19.7. The number of nitrogens with one attached hydrogen (secondary N) is 2. The Morgan fingerprint density at radius 2 is 1.52 bits per heavy atom. The molecule has 0 saturated heterocycles. The molecule has 5 nitrogen and oxygen atoms in total. The zero-order valence-corrected chi connectivity index (χ0v) is 12.5. The van der Waals surface area contributed by atoms with Crippen molar-refractivity contribution in [2.45, 2.75) is 0 Å². The van der Waals surface area contributed by atoms with Crippen molar-refractivity contribution < 1.29 is 4.92 Å². The van der Waals surface area contributed by atoms with Gasteiger partial charge >= 0.3 is 0 Å². The summed E-state index contributed by atoms with van der Waals surface area (Å²) in [5.74, 6) is 0. The number of fused-ring (bicyclic) bond motifs is 1. The maximum atomic E-state index is 10.6. The van der Waals surface area contributed by atoms with E-state index in [1.807, 2.05) is 18.2 Å². The van der Waals surface area contributed by atoms with Gasteiger partial charge in [0.2, 0.25) is 0 Å². The fraction of sp³-hybridized carbons (Fsp3) is 0.111. The second-order valence-electron chi connectivity index (χ2n) is 5.18. The van der Waals surface area contributed by atoms with E-state index in [9.17, 15) is 10.1 Å². The molecule has 116 valence electrons. The van der Waals surface area contributed by atoms with Gasteiger partial charge in [0.1, 0.15) is 0 Å². The predicted octanol–water partition coefficient (Wildman–Crippen LogP) is 4.27. The van der Waals surface area contributed by atoms with Gasteiger partial charge < -0.3 is 10.6 Å². The molecule has 5 heteroatoms. The summed E-state index contributed by atoms with van der Waals surface area (Å²) >= 11 is 0. The molecule has 0 aliphatic heterocycles. The van der Waals surface area contributed by atoms with E-state index in [2.05, 4.69) is 34.9 Å². The van der Waals surface area contributed by atoms with Crippen molar-refractivity contribution >= 4 is 27.8 Å². The molecule has 3 rings (SSSR count). The molecule has 0 spiro atoms. The second kappa shape index (κ2) is 6.79. The molecular formula is C18H17N3O2. The molecule has 23 heavy (non-hydrogen) atoms. The molecule has 0 unspecified atom stereocenters. The highest BCUT2D eigenvalue weighted by atomic mass is 16.6. The number of nitro benzene ring substituents is 1. The van der Waals surface area contributed by atoms with Gasteiger partial charge in [0.15, 0.2) is 0 Å². The highest BCUT2D eigenvalue weighted by Gasteiger charge is 2.03. The Balaban J connectivity index is 1.56. The van der Waals surface area contributed by atoms with Crippen molar-refractivity contribution in [2.24, 2.45) is 0 Å². The van der Waals surface area contributed by atoms with Crippen LogP contribution in [0.5, 0.6) is 0 Å². The van der Waals surface area contributed by atoms with Crippen molar-refractivity contribution in [1.29, 1.82) is 0 Å². The van der Waals surface area contributed by atoms with Crippen molar-refractivity contribution in [2.75, 3.05) is 23.7 Å². The number of nitrogens with zero attached hydrogens (tertiary/aromatic N) is 1. The minimum absolute atomic E-state index is 0.101. The summed E-state index contributed by atoms with van der Waals surface area (Å²) in [7, 11) is 0. The maximum Gasteiger partial charge on any atom is 0.269 e. The van der Waals surface area contributed by atoms with E-state index < -0.39 is 4.92 Å². The van der Waals surface area contributed by atoms with Crippen LogP contribution in [0.4, 0.5) is 17.1 Å². The fourth-order valence-corrected chi connectivity index (χ4v) is 2.48. The minimum atomic E-state index is -0.397. The Labute approximate surface area is 134 Å². The standard InChI is InChI=1S/C18H17N3O2/c22-21(23)16-10-8-15(9-11-16)19-12-13-20-18-7-3-5-14-4-1-2-6-17(14)18/h1-11,19-20H,12-13H2. The minimum Gasteiger partial charge on any atom is -0.383 e. The molecule has 0 saturated carbocycles. The van der Waals surface area contributed by atoms with Crippen LogP contribution in [-0.4, -0.2) is 18.0 Å². The van der Waals surface area contributed by atoms with E-state index in [1.54, 1.807) is 12.1 Å². The quantitative estimate of drug-likeness (QED) is 0.405. The fourth-order valence-electron chi connectivity index (χ4n) is 2.48. The van der Waals surface area contributed by atoms with Crippen LogP contribution in [0.25, 0.3) is 10.8 Å². The lowest BCUT2D eigenvalue weighted by atomic mass is 10.1. The number of hydrogen-bond donors (Lipinski definition) is 2. The molecule has 0 radical (unpaired) electrons. The van der Waals surface area contributed by atoms with Crippen molar-refractivity contribution in [3.8, 4) is 0 Å². The number of rotatable bonds is 6. The lowest BCUT2D eigenvalue weighted by molar-refractivity contribution is -0.384. The molecule has 3 aromatic carbocycles. The Bertz CT molecular complexity index is 811. The zero-order valence-electron chi connectivity index (χ0n) is 12.5. The normalized spacial score (nSPS) is 10.4. The summed E-state index contributed by atoms with van der Waals surface area (Å²) in [5.41, 5.74) is 2.08. The van der Waals surface area contributed by atoms with E-state index in [4.69, 9.17) is 0 Å². The number of anilines is 2. The van der Waals surface area contributed by atoms with Gasteiger partial charge in [-0.1, -0.05) is 36.4 Å². The Hall–Kier alpha value is -3.08. The third-order valence-electron chi connectivity index (χ3n) is 3.64. The molecule has 0 bridgehead atoms. The van der Waals surface area contributed by atoms with E-state index in [0.717, 1.165) is 24.5 Å². The van der Waals surface area contributed by atoms with Gasteiger partial charge in [-0.2, -0.15) is 0 Å². The van der Waals surface area contributed by atoms with Crippen LogP contribution in [0.15, 0.2) is 66.7 Å². The largest absolute Gasteiger partial charge is 0.383 e. The lowest BCUT2D eigenvalue weighted by Gasteiger charge is -2.11. The highest BCUT2D eigenvalue weighted by molar-refractivity contribution is 5.93. The zero-order chi connectivity index (χ0) is 16.1. The smallest absolute Gasteiger partial charge is 0.269 e. The molecule has 0 fully saturated rings. The van der Waals surface area contributed by atoms with Crippen LogP contribution in [0.3, 0.4) is 0 Å². The average molecular weight is 307 g/mol. The average Bonchev–Trinajstić information content (AvgIpc) is 2.59. The van der Waals surface area contributed by atoms with Gasteiger partial charge in [-0.05, 0) is 23.6 Å². The summed E-state index contributed by atoms with van der Waals surface area (Å²) in [6.07, 6.45) is 0. The molecule has 3 aromatic rings. The highest BCUT2D eigenvalue weighted by Crippen LogP contribution is 2.22. The van der Waals surface area contributed by atoms with Gasteiger partial charge in [-0.15, -0.1) is 0 Å². The molecular weight excluding hydrogens is 290 g/mol. The number of nitro groups is 1. The number of non-ortho nitro benzene ring substituents is 1. The molecule has 0 aromatic heterocycles. The van der Waals surface area contributed by atoms with Crippen molar-refractivity contribution in [1.82, 2.24) is 0 Å². The van der Waals surface area contributed by atoms with Gasteiger partial charge in [0.25, 0.3) is 5.69 Å². The van der Waals surface area contributed by atoms with Crippen molar-refractivity contribution in [3.05, 3.63) is 76.8 Å². The predicted molar refractivity (Wildman–Crippen MR) is 94.0 cm³/mol. The molecule has 2 N–H and O–H groups in total. The summed E-state index contributed by atoms with van der Waals surface area (Å²) in [4.78, 5) is 10.2. The number of benzene rings is 3. The second-order valence-corrected chi connectivity index (χ2v) is 5.18. The van der Waals surface area contributed by atoms with Gasteiger partial charge in [0.05, 0.1) is 4.92 Å². The van der Waals surface area contributed by atoms with Gasteiger partial charge in [-0.25, -0.2) is 0 Å². The SMILES string of the molecule is O=[N+]([O-])c1ccc(NCCNc2cccc3ccccc23)cc1. The first-order valence-corrected chi connectivity index (χ1v) is 7.44. The van der Waals surface area contributed by atoms with Crippen LogP contribution in [-0.2, 0) is 0 Å². The Kier molecular flexibility index (Phi) is 4.38. The van der Waals surface area contributed by atoms with E-state index in [0.29, 0.717) is 0 Å². The first-order chi connectivity index (χ1) is 11.2. The third kappa shape index (κ3) is 3.58. The number of hydrogen-bond acceptors (Lipinski definition) is 4. The van der Waals surface area contributed by atoms with Crippen LogP contribution >= 0.6 is 0 Å². The van der Waals surface area contributed by atoms with Crippen molar-refractivity contribution in [3.63, 3.8) is 0 Å². The van der Waals surface area contributed by atoms with Crippen LogP contribution in [0.1, 0.15) is 0 Å². The molecule has 0 heterocycles. The van der Waals surface area contributed by atoms with Gasteiger partial charge in [-0.3, -0.25) is 10.1 Å². The maximum absolute atomic E-state index is 10.6. The first-order valence-electron chi connectivity index (χ1n) is 7.44. The molecule has 0 amide bonds. The summed E-state index contributed by atoms with van der Waals surface area (Å²) < 4.78 is 0. The van der Waals surface area contributed by atoms with E-state index in [1.165, 1.54) is 22.9 Å². The third-order valence-corrected chi connectivity index (χ3v) is 3.64. The topological polar surface area (TPSA) is 67.2 Å². The molecule has 0 aliphatic carbocycles. The van der Waals surface area contributed by atoms with Crippen LogP contribution in [0.2, 0.25) is 0 Å². The Morgan fingerprint density at radius 1 is 0.826 bits per heavy atom. The summed E-state index contributed by atoms with van der Waals surface area (Å²) in [6.45, 7) is 1.48. The first kappa shape index (κ1) is 14.8. The van der Waals surface area contributed by atoms with Crippen LogP contribution < -0.4 is 10.6 Å². The lowest BCUT2D eigenvalue weighted by Crippen LogP contribution is -2.13. The van der Waals surface area contributed by atoms with E-state index >= 15 is 0 Å². The van der Waals surface area contributed by atoms with E-state index in [-0.39, 0.29) is 5.69 Å². The monoisotopic (exact) mass is 307 g/mol. The Morgan fingerprint density at radius 3 is 2.30 bits per heavy atom. The molecule has 0 aliphatic rings. The summed E-state index contributed by atoms with van der Waals surface area (Å²) in [6, 6.07) is 20.9. The van der Waals surface area contributed by atoms with Gasteiger partial charge in [0, 0.05) is 42.0 Å². The van der Waals surface area contributed by atoms with Crippen LogP contribution in [0, 0.1) is 10.1 Å². The molecule has 0 atom stereocenters.